The number of hydrogen-bond donors (Lipinski definition) is 1. The summed E-state index contributed by atoms with van der Waals surface area (Å²) >= 11 is 3.07. The molecular formula is C15H10O2S2. The summed E-state index contributed by atoms with van der Waals surface area (Å²) in [6.45, 7) is 0. The van der Waals surface area contributed by atoms with Gasteiger partial charge in [-0.15, -0.1) is 22.7 Å². The summed E-state index contributed by atoms with van der Waals surface area (Å²) in [7, 11) is 0. The van der Waals surface area contributed by atoms with E-state index in [2.05, 4.69) is 0 Å². The fraction of sp³-hybridized carbons (Fsp3) is 0. The average molecular weight is 286 g/mol. The maximum atomic E-state index is 11.4. The van der Waals surface area contributed by atoms with Crippen LogP contribution in [-0.2, 0) is 4.79 Å². The zero-order chi connectivity index (χ0) is 13.2. The largest absolute Gasteiger partial charge is 0.478 e. The van der Waals surface area contributed by atoms with E-state index in [0.29, 0.717) is 5.57 Å². The van der Waals surface area contributed by atoms with Gasteiger partial charge in [0.1, 0.15) is 0 Å². The Hall–Kier alpha value is -1.91. The van der Waals surface area contributed by atoms with Gasteiger partial charge in [0.2, 0.25) is 0 Å². The van der Waals surface area contributed by atoms with Crippen LogP contribution in [0.15, 0.2) is 47.2 Å². The minimum Gasteiger partial charge on any atom is -0.478 e. The van der Waals surface area contributed by atoms with Crippen LogP contribution in [0.4, 0.5) is 0 Å². The van der Waals surface area contributed by atoms with Crippen LogP contribution in [-0.4, -0.2) is 11.1 Å². The summed E-state index contributed by atoms with van der Waals surface area (Å²) in [5, 5.41) is 14.3. The lowest BCUT2D eigenvalue weighted by molar-refractivity contribution is -0.130. The van der Waals surface area contributed by atoms with Crippen molar-refractivity contribution in [1.29, 1.82) is 0 Å². The van der Waals surface area contributed by atoms with Gasteiger partial charge in [0, 0.05) is 9.58 Å². The van der Waals surface area contributed by atoms with Crippen molar-refractivity contribution in [3.05, 3.63) is 57.6 Å². The predicted octanol–water partition coefficient (Wildman–Crippen LogP) is 4.59. The maximum Gasteiger partial charge on any atom is 0.337 e. The Labute approximate surface area is 118 Å². The van der Waals surface area contributed by atoms with E-state index in [-0.39, 0.29) is 0 Å². The molecule has 2 heterocycles. The number of fused-ring (bicyclic) bond motifs is 1. The van der Waals surface area contributed by atoms with E-state index in [1.807, 2.05) is 47.2 Å². The Morgan fingerprint density at radius 2 is 1.95 bits per heavy atom. The molecule has 94 valence electrons. The van der Waals surface area contributed by atoms with E-state index in [0.717, 1.165) is 15.8 Å². The topological polar surface area (TPSA) is 37.3 Å². The van der Waals surface area contributed by atoms with Gasteiger partial charge < -0.3 is 5.11 Å². The molecule has 0 saturated heterocycles. The van der Waals surface area contributed by atoms with Gasteiger partial charge in [-0.3, -0.25) is 0 Å². The molecule has 1 N–H and O–H groups in total. The van der Waals surface area contributed by atoms with Crippen molar-refractivity contribution in [2.45, 2.75) is 0 Å². The Balaban J connectivity index is 2.15. The molecule has 0 bridgehead atoms. The molecule has 0 aliphatic carbocycles. The maximum absolute atomic E-state index is 11.4. The zero-order valence-electron chi connectivity index (χ0n) is 9.87. The van der Waals surface area contributed by atoms with Crippen LogP contribution >= 0.6 is 22.7 Å². The Kier molecular flexibility index (Phi) is 3.19. The monoisotopic (exact) mass is 286 g/mol. The molecule has 0 radical (unpaired) electrons. The molecule has 0 atom stereocenters. The van der Waals surface area contributed by atoms with Crippen LogP contribution in [0.5, 0.6) is 0 Å². The summed E-state index contributed by atoms with van der Waals surface area (Å²) in [5.41, 5.74) is 1.31. The highest BCUT2D eigenvalue weighted by Gasteiger charge is 2.12. The molecule has 0 fully saturated rings. The first kappa shape index (κ1) is 12.1. The standard InChI is InChI=1S/C15H10O2S2/c16-15(17)12(14-6-3-7-18-14)8-10-9-19-13-5-2-1-4-11(10)13/h1-9H,(H,16,17). The van der Waals surface area contributed by atoms with Crippen molar-refractivity contribution >= 4 is 50.4 Å². The Morgan fingerprint density at radius 1 is 1.11 bits per heavy atom. The van der Waals surface area contributed by atoms with Gasteiger partial charge in [-0.05, 0) is 39.9 Å². The van der Waals surface area contributed by atoms with Gasteiger partial charge >= 0.3 is 5.97 Å². The summed E-state index contributed by atoms with van der Waals surface area (Å²) < 4.78 is 1.17. The van der Waals surface area contributed by atoms with Crippen LogP contribution < -0.4 is 0 Å². The molecule has 2 nitrogen and oxygen atoms in total. The molecule has 0 spiro atoms. The van der Waals surface area contributed by atoms with Gasteiger partial charge in [-0.1, -0.05) is 24.3 Å². The van der Waals surface area contributed by atoms with Crippen LogP contribution in [0.25, 0.3) is 21.7 Å². The number of benzene rings is 1. The SMILES string of the molecule is O=C(O)C(=Cc1csc2ccccc12)c1cccs1. The number of carboxylic acids is 1. The molecule has 0 aliphatic rings. The first-order valence-corrected chi connectivity index (χ1v) is 7.47. The predicted molar refractivity (Wildman–Crippen MR) is 81.7 cm³/mol. The average Bonchev–Trinajstić information content (AvgIpc) is 3.05. The second-order valence-electron chi connectivity index (χ2n) is 4.03. The minimum absolute atomic E-state index is 0.346. The number of hydrogen-bond acceptors (Lipinski definition) is 3. The van der Waals surface area contributed by atoms with Gasteiger partial charge in [0.15, 0.2) is 0 Å². The molecule has 1 aromatic carbocycles. The van der Waals surface area contributed by atoms with Crippen molar-refractivity contribution in [3.8, 4) is 0 Å². The van der Waals surface area contributed by atoms with Crippen LogP contribution in [0.2, 0.25) is 0 Å². The Bertz CT molecular complexity index is 751. The zero-order valence-corrected chi connectivity index (χ0v) is 11.5. The number of thiophene rings is 2. The fourth-order valence-corrected chi connectivity index (χ4v) is 3.59. The van der Waals surface area contributed by atoms with E-state index in [1.165, 1.54) is 16.0 Å². The van der Waals surface area contributed by atoms with Crippen molar-refractivity contribution < 1.29 is 9.90 Å². The van der Waals surface area contributed by atoms with Crippen molar-refractivity contribution in [3.63, 3.8) is 0 Å². The number of carbonyl (C=O) groups is 1. The third-order valence-electron chi connectivity index (χ3n) is 2.83. The highest BCUT2D eigenvalue weighted by atomic mass is 32.1. The van der Waals surface area contributed by atoms with Gasteiger partial charge in [0.25, 0.3) is 0 Å². The molecule has 0 unspecified atom stereocenters. The fourth-order valence-electron chi connectivity index (χ4n) is 1.94. The highest BCUT2D eigenvalue weighted by Crippen LogP contribution is 2.30. The van der Waals surface area contributed by atoms with E-state index in [1.54, 1.807) is 17.4 Å². The third-order valence-corrected chi connectivity index (χ3v) is 4.71. The van der Waals surface area contributed by atoms with E-state index >= 15 is 0 Å². The number of rotatable bonds is 3. The molecule has 19 heavy (non-hydrogen) atoms. The molecule has 0 saturated carbocycles. The van der Waals surface area contributed by atoms with Gasteiger partial charge in [-0.25, -0.2) is 4.79 Å². The molecule has 3 aromatic rings. The first-order valence-electron chi connectivity index (χ1n) is 5.71. The van der Waals surface area contributed by atoms with Crippen molar-refractivity contribution in [1.82, 2.24) is 0 Å². The van der Waals surface area contributed by atoms with Gasteiger partial charge in [0.05, 0.1) is 5.57 Å². The molecule has 3 rings (SSSR count). The summed E-state index contributed by atoms with van der Waals surface area (Å²) in [6, 6.07) is 11.7. The van der Waals surface area contributed by atoms with E-state index in [9.17, 15) is 9.90 Å². The normalized spacial score (nSPS) is 11.9. The van der Waals surface area contributed by atoms with Crippen LogP contribution in [0, 0.1) is 0 Å². The van der Waals surface area contributed by atoms with E-state index in [4.69, 9.17) is 0 Å². The molecule has 4 heteroatoms. The Morgan fingerprint density at radius 3 is 2.68 bits per heavy atom. The van der Waals surface area contributed by atoms with Crippen LogP contribution in [0.3, 0.4) is 0 Å². The molecule has 2 aromatic heterocycles. The smallest absolute Gasteiger partial charge is 0.337 e. The minimum atomic E-state index is -0.891. The lowest BCUT2D eigenvalue weighted by Gasteiger charge is -1.99. The highest BCUT2D eigenvalue weighted by molar-refractivity contribution is 7.17. The number of carboxylic acid groups (broad SMARTS) is 1. The van der Waals surface area contributed by atoms with Crippen molar-refractivity contribution in [2.75, 3.05) is 0 Å². The second-order valence-corrected chi connectivity index (χ2v) is 5.89. The molecule has 0 aliphatic heterocycles. The van der Waals surface area contributed by atoms with E-state index < -0.39 is 5.97 Å². The molecule has 0 amide bonds. The van der Waals surface area contributed by atoms with Gasteiger partial charge in [-0.2, -0.15) is 0 Å². The molecular weight excluding hydrogens is 276 g/mol. The third kappa shape index (κ3) is 2.32. The lowest BCUT2D eigenvalue weighted by atomic mass is 10.1. The summed E-state index contributed by atoms with van der Waals surface area (Å²) in [6.07, 6.45) is 1.76. The second kappa shape index (κ2) is 4.99. The summed E-state index contributed by atoms with van der Waals surface area (Å²) in [4.78, 5) is 12.2. The van der Waals surface area contributed by atoms with Crippen LogP contribution in [0.1, 0.15) is 10.4 Å². The summed E-state index contributed by atoms with van der Waals surface area (Å²) in [5.74, 6) is -0.891. The first-order chi connectivity index (χ1) is 9.25. The van der Waals surface area contributed by atoms with Crippen molar-refractivity contribution in [2.24, 2.45) is 0 Å². The number of aliphatic carboxylic acids is 1. The quantitative estimate of drug-likeness (QED) is 0.715. The lowest BCUT2D eigenvalue weighted by Crippen LogP contribution is -1.97.